The summed E-state index contributed by atoms with van der Waals surface area (Å²) in [5.41, 5.74) is 5.82. The Morgan fingerprint density at radius 1 is 1.03 bits per heavy atom. The van der Waals surface area contributed by atoms with Gasteiger partial charge >= 0.3 is 0 Å². The van der Waals surface area contributed by atoms with Crippen molar-refractivity contribution in [3.8, 4) is 17.0 Å². The molecule has 4 rings (SSSR count). The number of carbonyl (C=O) groups excluding carboxylic acids is 1. The first-order valence-electron chi connectivity index (χ1n) is 9.87. The number of hydrogen-bond acceptors (Lipinski definition) is 4. The van der Waals surface area contributed by atoms with Gasteiger partial charge in [-0.2, -0.15) is 5.10 Å². The van der Waals surface area contributed by atoms with Crippen LogP contribution in [0.25, 0.3) is 11.3 Å². The maximum atomic E-state index is 13.0. The number of rotatable bonds is 4. The average molecular weight is 390 g/mol. The normalized spacial score (nSPS) is 14.2. The van der Waals surface area contributed by atoms with E-state index < -0.39 is 0 Å². The van der Waals surface area contributed by atoms with E-state index >= 15 is 0 Å². The lowest BCUT2D eigenvalue weighted by atomic mass is 10.0. The molecule has 0 spiro atoms. The molecule has 1 N–H and O–H groups in total. The number of anilines is 1. The lowest BCUT2D eigenvalue weighted by molar-refractivity contribution is 0.0740. The molecule has 1 aliphatic heterocycles. The molecule has 1 amide bonds. The second-order valence-electron chi connectivity index (χ2n) is 7.44. The number of aromatic nitrogens is 2. The monoisotopic (exact) mass is 390 g/mol. The minimum atomic E-state index is -0.00630. The molecule has 6 nitrogen and oxygen atoms in total. The standard InChI is InChI=1S/C23H26N4O2/c1-16-8-9-18(17(2)14-16)19-15-20(25-24-19)23(28)27-12-10-26(11-13-27)21-6-4-5-7-22(21)29-3/h4-9,14-15H,10-13H2,1-3H3,(H,24,25). The predicted molar refractivity (Wildman–Crippen MR) is 115 cm³/mol. The van der Waals surface area contributed by atoms with Crippen molar-refractivity contribution in [3.05, 3.63) is 65.4 Å². The molecule has 0 atom stereocenters. The van der Waals surface area contributed by atoms with Crippen LogP contribution < -0.4 is 9.64 Å². The van der Waals surface area contributed by atoms with E-state index in [2.05, 4.69) is 53.2 Å². The maximum absolute atomic E-state index is 13.0. The first kappa shape index (κ1) is 19.1. The Morgan fingerprint density at radius 2 is 1.79 bits per heavy atom. The third-order valence-electron chi connectivity index (χ3n) is 5.46. The van der Waals surface area contributed by atoms with Crippen LogP contribution in [0.4, 0.5) is 5.69 Å². The summed E-state index contributed by atoms with van der Waals surface area (Å²) in [5.74, 6) is 0.854. The molecule has 0 saturated carbocycles. The van der Waals surface area contributed by atoms with Crippen molar-refractivity contribution in [1.82, 2.24) is 15.1 Å². The molecule has 2 aromatic carbocycles. The summed E-state index contributed by atoms with van der Waals surface area (Å²) in [7, 11) is 1.68. The fraction of sp³-hybridized carbons (Fsp3) is 0.304. The fourth-order valence-electron chi connectivity index (χ4n) is 3.88. The molecule has 1 fully saturated rings. The van der Waals surface area contributed by atoms with Crippen LogP contribution in [0.2, 0.25) is 0 Å². The van der Waals surface area contributed by atoms with Crippen molar-refractivity contribution in [2.24, 2.45) is 0 Å². The third kappa shape index (κ3) is 3.83. The fourth-order valence-corrected chi connectivity index (χ4v) is 3.88. The lowest BCUT2D eigenvalue weighted by Crippen LogP contribution is -2.49. The molecule has 0 aliphatic carbocycles. The molecular formula is C23H26N4O2. The van der Waals surface area contributed by atoms with E-state index in [1.54, 1.807) is 7.11 Å². The average Bonchev–Trinajstić information content (AvgIpc) is 3.23. The van der Waals surface area contributed by atoms with Crippen molar-refractivity contribution >= 4 is 11.6 Å². The summed E-state index contributed by atoms with van der Waals surface area (Å²) in [6.45, 7) is 6.99. The minimum Gasteiger partial charge on any atom is -0.495 e. The molecule has 6 heteroatoms. The Morgan fingerprint density at radius 3 is 2.52 bits per heavy atom. The highest BCUT2D eigenvalue weighted by molar-refractivity contribution is 5.93. The topological polar surface area (TPSA) is 61.5 Å². The first-order valence-corrected chi connectivity index (χ1v) is 9.87. The Balaban J connectivity index is 1.44. The van der Waals surface area contributed by atoms with Crippen LogP contribution in [0.15, 0.2) is 48.5 Å². The Labute approximate surface area is 171 Å². The van der Waals surface area contributed by atoms with Gasteiger partial charge in [0.25, 0.3) is 5.91 Å². The number of aromatic amines is 1. The summed E-state index contributed by atoms with van der Waals surface area (Å²) in [6.07, 6.45) is 0. The predicted octanol–water partition coefficient (Wildman–Crippen LogP) is 3.66. The molecule has 29 heavy (non-hydrogen) atoms. The maximum Gasteiger partial charge on any atom is 0.272 e. The Kier molecular flexibility index (Phi) is 5.25. The zero-order chi connectivity index (χ0) is 20.4. The van der Waals surface area contributed by atoms with E-state index in [1.165, 1.54) is 5.56 Å². The summed E-state index contributed by atoms with van der Waals surface area (Å²) < 4.78 is 5.47. The molecule has 3 aromatic rings. The molecule has 150 valence electrons. The molecule has 0 bridgehead atoms. The molecule has 0 unspecified atom stereocenters. The zero-order valence-electron chi connectivity index (χ0n) is 17.1. The van der Waals surface area contributed by atoms with Crippen LogP contribution in [0.3, 0.4) is 0 Å². The van der Waals surface area contributed by atoms with Crippen LogP contribution in [-0.2, 0) is 0 Å². The second-order valence-corrected chi connectivity index (χ2v) is 7.44. The smallest absolute Gasteiger partial charge is 0.272 e. The van der Waals surface area contributed by atoms with Gasteiger partial charge in [-0.25, -0.2) is 0 Å². The highest BCUT2D eigenvalue weighted by atomic mass is 16.5. The third-order valence-corrected chi connectivity index (χ3v) is 5.46. The van der Waals surface area contributed by atoms with Crippen molar-refractivity contribution in [1.29, 1.82) is 0 Å². The summed E-state index contributed by atoms with van der Waals surface area (Å²) in [6, 6.07) is 16.1. The van der Waals surface area contributed by atoms with E-state index in [9.17, 15) is 4.79 Å². The van der Waals surface area contributed by atoms with Gasteiger partial charge in [-0.15, -0.1) is 0 Å². The Hall–Kier alpha value is -3.28. The zero-order valence-corrected chi connectivity index (χ0v) is 17.1. The van der Waals surface area contributed by atoms with Crippen LogP contribution in [0, 0.1) is 13.8 Å². The van der Waals surface area contributed by atoms with Gasteiger partial charge in [-0.1, -0.05) is 35.9 Å². The van der Waals surface area contributed by atoms with E-state index in [0.717, 1.165) is 41.3 Å². The van der Waals surface area contributed by atoms with Gasteiger partial charge < -0.3 is 14.5 Å². The van der Waals surface area contributed by atoms with Gasteiger partial charge in [0, 0.05) is 31.7 Å². The van der Waals surface area contributed by atoms with E-state index in [-0.39, 0.29) is 5.91 Å². The highest BCUT2D eigenvalue weighted by Crippen LogP contribution is 2.29. The number of hydrogen-bond donors (Lipinski definition) is 1. The van der Waals surface area contributed by atoms with Crippen LogP contribution >= 0.6 is 0 Å². The van der Waals surface area contributed by atoms with Gasteiger partial charge in [0.2, 0.25) is 0 Å². The summed E-state index contributed by atoms with van der Waals surface area (Å²) >= 11 is 0. The number of H-pyrrole nitrogens is 1. The van der Waals surface area contributed by atoms with E-state index in [0.29, 0.717) is 18.8 Å². The van der Waals surface area contributed by atoms with E-state index in [4.69, 9.17) is 4.74 Å². The largest absolute Gasteiger partial charge is 0.495 e. The first-order chi connectivity index (χ1) is 14.1. The van der Waals surface area contributed by atoms with Gasteiger partial charge in [0.05, 0.1) is 18.5 Å². The number of para-hydroxylation sites is 2. The summed E-state index contributed by atoms with van der Waals surface area (Å²) in [5, 5.41) is 7.31. The minimum absolute atomic E-state index is 0.00630. The van der Waals surface area contributed by atoms with Crippen molar-refractivity contribution in [3.63, 3.8) is 0 Å². The highest BCUT2D eigenvalue weighted by Gasteiger charge is 2.25. The van der Waals surface area contributed by atoms with Crippen molar-refractivity contribution in [2.75, 3.05) is 38.2 Å². The number of aryl methyl sites for hydroxylation is 2. The lowest BCUT2D eigenvalue weighted by Gasteiger charge is -2.36. The number of piperazine rings is 1. The number of methoxy groups -OCH3 is 1. The van der Waals surface area contributed by atoms with Crippen LogP contribution in [0.5, 0.6) is 5.75 Å². The van der Waals surface area contributed by atoms with Crippen molar-refractivity contribution in [2.45, 2.75) is 13.8 Å². The number of nitrogens with one attached hydrogen (secondary N) is 1. The number of benzene rings is 2. The molecule has 1 aromatic heterocycles. The van der Waals surface area contributed by atoms with Gasteiger partial charge in [-0.3, -0.25) is 9.89 Å². The quantitative estimate of drug-likeness (QED) is 0.738. The number of nitrogens with zero attached hydrogens (tertiary/aromatic N) is 3. The number of amides is 1. The number of ether oxygens (including phenoxy) is 1. The van der Waals surface area contributed by atoms with Gasteiger partial charge in [0.15, 0.2) is 0 Å². The van der Waals surface area contributed by atoms with Gasteiger partial charge in [-0.05, 0) is 37.6 Å². The molecular weight excluding hydrogens is 364 g/mol. The Bertz CT molecular complexity index is 1020. The second kappa shape index (κ2) is 7.99. The molecule has 0 radical (unpaired) electrons. The van der Waals surface area contributed by atoms with Crippen LogP contribution in [-0.4, -0.2) is 54.3 Å². The molecule has 1 saturated heterocycles. The van der Waals surface area contributed by atoms with Crippen LogP contribution in [0.1, 0.15) is 21.6 Å². The number of carbonyl (C=O) groups is 1. The summed E-state index contributed by atoms with van der Waals surface area (Å²) in [4.78, 5) is 17.1. The van der Waals surface area contributed by atoms with Crippen molar-refractivity contribution < 1.29 is 9.53 Å². The molecule has 1 aliphatic rings. The SMILES string of the molecule is COc1ccccc1N1CCN(C(=O)c2cc(-c3ccc(C)cc3C)n[nH]2)CC1. The van der Waals surface area contributed by atoms with Gasteiger partial charge in [0.1, 0.15) is 11.4 Å². The van der Waals surface area contributed by atoms with E-state index in [1.807, 2.05) is 29.2 Å². The molecule has 2 heterocycles.